The first-order chi connectivity index (χ1) is 20.7. The van der Waals surface area contributed by atoms with E-state index >= 15 is 0 Å². The quantitative estimate of drug-likeness (QED) is 0.132. The van der Waals surface area contributed by atoms with Gasteiger partial charge in [0.15, 0.2) is 0 Å². The van der Waals surface area contributed by atoms with Gasteiger partial charge in [-0.3, -0.25) is 0 Å². The first-order valence-electron chi connectivity index (χ1n) is 12.8. The summed E-state index contributed by atoms with van der Waals surface area (Å²) in [6, 6.07) is 36.1. The lowest BCUT2D eigenvalue weighted by Crippen LogP contribution is -2.31. The van der Waals surface area contributed by atoms with Crippen LogP contribution in [0.3, 0.4) is 0 Å². The highest BCUT2D eigenvalue weighted by Crippen LogP contribution is 2.37. The highest BCUT2D eigenvalue weighted by Gasteiger charge is 2.14. The van der Waals surface area contributed by atoms with Gasteiger partial charge in [-0.05, 0) is 101 Å². The highest BCUT2D eigenvalue weighted by atomic mass is 79.9. The summed E-state index contributed by atoms with van der Waals surface area (Å²) in [5.41, 5.74) is 5.34. The lowest BCUT2D eigenvalue weighted by Gasteiger charge is -2.12. The van der Waals surface area contributed by atoms with Crippen LogP contribution in [-0.2, 0) is 0 Å². The van der Waals surface area contributed by atoms with Gasteiger partial charge in [0.25, 0.3) is 0 Å². The molecule has 0 saturated carbocycles. The summed E-state index contributed by atoms with van der Waals surface area (Å²) >= 11 is 23.7. The van der Waals surface area contributed by atoms with E-state index in [-0.39, 0.29) is 1.43 Å². The van der Waals surface area contributed by atoms with Crippen LogP contribution in [0.25, 0.3) is 22.3 Å². The van der Waals surface area contributed by atoms with Crippen molar-refractivity contribution in [1.29, 1.82) is 0 Å². The smallest absolute Gasteiger partial charge is 0.489 e. The maximum atomic E-state index is 8.88. The van der Waals surface area contributed by atoms with Gasteiger partial charge in [0, 0.05) is 33.7 Å². The summed E-state index contributed by atoms with van der Waals surface area (Å²) in [6.45, 7) is 0. The van der Waals surface area contributed by atoms with Crippen LogP contribution in [0.15, 0.2) is 133 Å². The molecule has 5 aromatic rings. The average molecular weight is 797 g/mol. The minimum atomic E-state index is -1.36. The van der Waals surface area contributed by atoms with Crippen molar-refractivity contribution in [2.45, 2.75) is 14.7 Å². The van der Waals surface area contributed by atoms with Crippen LogP contribution in [0.2, 0.25) is 10.0 Å². The summed E-state index contributed by atoms with van der Waals surface area (Å²) in [4.78, 5) is 3.43. The fraction of sp³-hybridized carbons (Fsp3) is 0.0909. The van der Waals surface area contributed by atoms with Crippen LogP contribution in [0.5, 0.6) is 0 Å². The molecule has 0 aliphatic rings. The molecule has 10 heteroatoms. The summed E-state index contributed by atoms with van der Waals surface area (Å²) in [6.07, 6.45) is 6.11. The molecule has 0 heterocycles. The largest absolute Gasteiger partial charge is 1.00 e. The molecule has 0 amide bonds. The number of rotatable bonds is 6. The molecule has 2 nitrogen and oxygen atoms in total. The van der Waals surface area contributed by atoms with E-state index in [9.17, 15) is 0 Å². The third-order valence-corrected chi connectivity index (χ3v) is 9.73. The molecule has 0 saturated heterocycles. The fourth-order valence-corrected chi connectivity index (χ4v) is 7.96. The second-order valence-electron chi connectivity index (χ2n) is 8.83. The topological polar surface area (TPSA) is 40.5 Å². The second-order valence-corrected chi connectivity index (χ2v) is 14.1. The molecule has 0 spiro atoms. The lowest BCUT2D eigenvalue weighted by molar-refractivity contribution is 0.425. The summed E-state index contributed by atoms with van der Waals surface area (Å²) < 4.78 is 1.98. The molecule has 0 unspecified atom stereocenters. The summed E-state index contributed by atoms with van der Waals surface area (Å²) in [7, 11) is -1.36. The highest BCUT2D eigenvalue weighted by molar-refractivity contribution is 9.11. The third kappa shape index (κ3) is 11.2. The van der Waals surface area contributed by atoms with Crippen molar-refractivity contribution in [3.05, 3.63) is 128 Å². The molecular formula is C33H30BBr2Cl2O2S3-. The van der Waals surface area contributed by atoms with Crippen LogP contribution in [-0.4, -0.2) is 35.9 Å². The molecule has 0 bridgehead atoms. The predicted molar refractivity (Wildman–Crippen MR) is 202 cm³/mol. The van der Waals surface area contributed by atoms with Crippen molar-refractivity contribution in [3.63, 3.8) is 0 Å². The zero-order chi connectivity index (χ0) is 31.4. The molecule has 5 rings (SSSR count). The number of benzene rings is 5. The Morgan fingerprint density at radius 2 is 0.953 bits per heavy atom. The maximum Gasteiger partial charge on any atom is 0.489 e. The van der Waals surface area contributed by atoms with Gasteiger partial charge in [0.2, 0.25) is 0 Å². The van der Waals surface area contributed by atoms with Crippen LogP contribution in [0, 0.1) is 0 Å². The van der Waals surface area contributed by atoms with Gasteiger partial charge < -0.3 is 11.5 Å². The molecule has 0 radical (unpaired) electrons. The number of hydrogen-bond donors (Lipinski definition) is 2. The summed E-state index contributed by atoms with van der Waals surface area (Å²) in [5.74, 6) is 0. The number of hydrogen-bond acceptors (Lipinski definition) is 5. The maximum absolute atomic E-state index is 8.88. The van der Waals surface area contributed by atoms with E-state index in [1.807, 2.05) is 48.7 Å². The molecule has 0 aliphatic heterocycles. The minimum absolute atomic E-state index is 0. The normalized spacial score (nSPS) is 10.3. The molecule has 224 valence electrons. The zero-order valence-corrected chi connectivity index (χ0v) is 30.7. The van der Waals surface area contributed by atoms with Gasteiger partial charge in [0.05, 0.1) is 0 Å². The van der Waals surface area contributed by atoms with E-state index < -0.39 is 7.12 Å². The molecule has 5 aromatic carbocycles. The van der Waals surface area contributed by atoms with Gasteiger partial charge in [-0.15, -0.1) is 35.3 Å². The van der Waals surface area contributed by atoms with Crippen LogP contribution >= 0.6 is 90.3 Å². The number of halogens is 4. The molecule has 0 fully saturated rings. The van der Waals surface area contributed by atoms with Gasteiger partial charge in [0.1, 0.15) is 0 Å². The predicted octanol–water partition coefficient (Wildman–Crippen LogP) is 11.2. The first-order valence-corrected chi connectivity index (χ1v) is 18.9. The Balaban J connectivity index is 0.000000267. The monoisotopic (exact) mass is 794 g/mol. The van der Waals surface area contributed by atoms with Gasteiger partial charge in [-0.25, -0.2) is 0 Å². The van der Waals surface area contributed by atoms with Gasteiger partial charge >= 0.3 is 7.12 Å². The van der Waals surface area contributed by atoms with E-state index in [1.54, 1.807) is 35.7 Å². The van der Waals surface area contributed by atoms with E-state index in [1.165, 1.54) is 32.7 Å². The van der Waals surface area contributed by atoms with Crippen LogP contribution < -0.4 is 5.46 Å². The molecular weight excluding hydrogens is 766 g/mol. The molecule has 0 atom stereocenters. The van der Waals surface area contributed by atoms with E-state index in [4.69, 9.17) is 33.2 Å². The van der Waals surface area contributed by atoms with E-state index in [0.29, 0.717) is 5.46 Å². The average Bonchev–Trinajstić information content (AvgIpc) is 3.00. The van der Waals surface area contributed by atoms with Crippen molar-refractivity contribution >= 4 is 103 Å². The Morgan fingerprint density at radius 1 is 0.558 bits per heavy atom. The van der Waals surface area contributed by atoms with Crippen LogP contribution in [0.4, 0.5) is 0 Å². The standard InChI is InChI=1S/C20H17ClS2.C7H9BO2S.C6H3Br2Cl.H/c1-22-19-9-5-3-7-17(19)14-11-15(13-16(21)12-14)18-8-4-6-10-20(18)23-2;1-11-7-5-3-2-4-6(7)8(9)10;7-4-1-5(8)3-6(9)2-4;/h3-13H,1-2H3;2-5,9-10H,1H3;1-3H;/q;;;-1/i;;;1+1. The second kappa shape index (κ2) is 18.6. The first kappa shape index (κ1) is 36.1. The van der Waals surface area contributed by atoms with Crippen molar-refractivity contribution < 1.29 is 11.5 Å². The molecule has 43 heavy (non-hydrogen) atoms. The van der Waals surface area contributed by atoms with Gasteiger partial charge in [-0.2, -0.15) is 0 Å². The third-order valence-electron chi connectivity index (χ3n) is 5.98. The minimum Gasteiger partial charge on any atom is -1.00 e. The summed E-state index contributed by atoms with van der Waals surface area (Å²) in [5, 5.41) is 19.3. The van der Waals surface area contributed by atoms with Crippen molar-refractivity contribution in [3.8, 4) is 22.3 Å². The Bertz CT molecular complexity index is 1530. The van der Waals surface area contributed by atoms with E-state index in [0.717, 1.165) is 35.0 Å². The Labute approximate surface area is 295 Å². The van der Waals surface area contributed by atoms with E-state index in [2.05, 4.69) is 99.0 Å². The molecule has 2 N–H and O–H groups in total. The Hall–Kier alpha value is -1.33. The zero-order valence-electron chi connectivity index (χ0n) is 24.6. The van der Waals surface area contributed by atoms with Crippen molar-refractivity contribution in [2.24, 2.45) is 0 Å². The van der Waals surface area contributed by atoms with Crippen LogP contribution in [0.1, 0.15) is 1.43 Å². The molecule has 0 aromatic heterocycles. The number of thioether (sulfide) groups is 3. The Kier molecular flexibility index (Phi) is 15.6. The lowest BCUT2D eigenvalue weighted by atomic mass is 9.80. The Morgan fingerprint density at radius 3 is 1.35 bits per heavy atom. The van der Waals surface area contributed by atoms with Crippen molar-refractivity contribution in [2.75, 3.05) is 18.8 Å². The fourth-order valence-electron chi connectivity index (χ4n) is 4.07. The molecule has 0 aliphatic carbocycles. The van der Waals surface area contributed by atoms with Gasteiger partial charge in [-0.1, -0.05) is 110 Å². The van der Waals surface area contributed by atoms with Crippen molar-refractivity contribution in [1.82, 2.24) is 0 Å². The SMILES string of the molecule is CSc1ccccc1-c1cc(Cl)cc(-c2ccccc2SC)c1.CSc1ccccc1B(O)O.Clc1cc(Br)cc(Br)c1.[2H-].